The van der Waals surface area contributed by atoms with E-state index in [2.05, 4.69) is 13.0 Å². The minimum absolute atomic E-state index is 0.0567. The molecule has 1 amide bonds. The zero-order valence-corrected chi connectivity index (χ0v) is 13.8. The normalized spacial score (nSPS) is 17.5. The zero-order valence-electron chi connectivity index (χ0n) is 11.6. The molecular formula is C17H15FINO. The Morgan fingerprint density at radius 3 is 2.81 bits per heavy atom. The van der Waals surface area contributed by atoms with Crippen molar-refractivity contribution in [3.63, 3.8) is 0 Å². The fourth-order valence-electron chi connectivity index (χ4n) is 2.77. The number of amides is 1. The molecule has 2 aromatic rings. The summed E-state index contributed by atoms with van der Waals surface area (Å²) in [5.41, 5.74) is 2.73. The van der Waals surface area contributed by atoms with Crippen molar-refractivity contribution < 1.29 is 9.18 Å². The van der Waals surface area contributed by atoms with Gasteiger partial charge >= 0.3 is 0 Å². The molecule has 0 aromatic heterocycles. The van der Waals surface area contributed by atoms with Crippen LogP contribution in [0, 0.1) is 9.39 Å². The summed E-state index contributed by atoms with van der Waals surface area (Å²) >= 11 is 2.01. The molecule has 0 aliphatic carbocycles. The van der Waals surface area contributed by atoms with Gasteiger partial charge in [-0.05, 0) is 64.8 Å². The molecule has 3 rings (SSSR count). The van der Waals surface area contributed by atoms with Crippen LogP contribution in [0.3, 0.4) is 0 Å². The van der Waals surface area contributed by atoms with Crippen LogP contribution in [0.1, 0.15) is 35.2 Å². The second-order valence-corrected chi connectivity index (χ2v) is 6.49. The van der Waals surface area contributed by atoms with Crippen LogP contribution >= 0.6 is 22.6 Å². The Morgan fingerprint density at radius 1 is 1.29 bits per heavy atom. The summed E-state index contributed by atoms with van der Waals surface area (Å²) in [5, 5.41) is 0. The standard InChI is InChI=1S/C17H15FINO/c1-11-8-9-20(16-5-3-2-4-13(11)16)17(21)14-7-6-12(18)10-15(14)19/h2-7,10-11H,8-9H2,1H3. The summed E-state index contributed by atoms with van der Waals surface area (Å²) < 4.78 is 13.9. The van der Waals surface area contributed by atoms with E-state index in [1.807, 2.05) is 45.7 Å². The van der Waals surface area contributed by atoms with Crippen molar-refractivity contribution in [2.45, 2.75) is 19.3 Å². The van der Waals surface area contributed by atoms with E-state index < -0.39 is 0 Å². The molecule has 0 fully saturated rings. The highest BCUT2D eigenvalue weighted by Gasteiger charge is 2.27. The average Bonchev–Trinajstić information content (AvgIpc) is 2.47. The Balaban J connectivity index is 2.01. The van der Waals surface area contributed by atoms with Crippen LogP contribution in [0.25, 0.3) is 0 Å². The molecule has 1 heterocycles. The quantitative estimate of drug-likeness (QED) is 0.648. The fraction of sp³-hybridized carbons (Fsp3) is 0.235. The Bertz CT molecular complexity index is 701. The molecule has 108 valence electrons. The smallest absolute Gasteiger partial charge is 0.259 e. The molecule has 1 unspecified atom stereocenters. The number of nitrogens with zero attached hydrogens (tertiary/aromatic N) is 1. The van der Waals surface area contributed by atoms with Gasteiger partial charge in [-0.25, -0.2) is 4.39 Å². The van der Waals surface area contributed by atoms with Gasteiger partial charge in [0.15, 0.2) is 0 Å². The van der Waals surface area contributed by atoms with E-state index in [0.29, 0.717) is 21.6 Å². The summed E-state index contributed by atoms with van der Waals surface area (Å²) in [6.45, 7) is 2.88. The first kappa shape index (κ1) is 14.5. The van der Waals surface area contributed by atoms with Crippen LogP contribution in [0.2, 0.25) is 0 Å². The molecule has 0 saturated carbocycles. The minimum atomic E-state index is -0.316. The van der Waals surface area contributed by atoms with Crippen LogP contribution in [0.15, 0.2) is 42.5 Å². The van der Waals surface area contributed by atoms with Crippen LogP contribution < -0.4 is 4.90 Å². The number of carbonyl (C=O) groups excluding carboxylic acids is 1. The van der Waals surface area contributed by atoms with E-state index in [9.17, 15) is 9.18 Å². The highest BCUT2D eigenvalue weighted by molar-refractivity contribution is 14.1. The lowest BCUT2D eigenvalue weighted by molar-refractivity contribution is 0.0983. The van der Waals surface area contributed by atoms with Crippen LogP contribution in [0.4, 0.5) is 10.1 Å². The Kier molecular flexibility index (Phi) is 3.97. The van der Waals surface area contributed by atoms with Crippen molar-refractivity contribution in [2.24, 2.45) is 0 Å². The molecule has 0 saturated heterocycles. The van der Waals surface area contributed by atoms with Gasteiger partial charge in [-0.2, -0.15) is 0 Å². The number of halogens is 2. The van der Waals surface area contributed by atoms with E-state index in [-0.39, 0.29) is 11.7 Å². The lowest BCUT2D eigenvalue weighted by Gasteiger charge is -2.33. The molecule has 21 heavy (non-hydrogen) atoms. The van der Waals surface area contributed by atoms with E-state index in [4.69, 9.17) is 0 Å². The third kappa shape index (κ3) is 2.69. The Hall–Kier alpha value is -1.43. The number of para-hydroxylation sites is 1. The number of benzene rings is 2. The monoisotopic (exact) mass is 395 g/mol. The van der Waals surface area contributed by atoms with Gasteiger partial charge in [0.2, 0.25) is 0 Å². The van der Waals surface area contributed by atoms with Crippen molar-refractivity contribution in [1.82, 2.24) is 0 Å². The van der Waals surface area contributed by atoms with Gasteiger partial charge in [0, 0.05) is 15.8 Å². The lowest BCUT2D eigenvalue weighted by atomic mass is 9.91. The molecule has 0 radical (unpaired) electrons. The summed E-state index contributed by atoms with van der Waals surface area (Å²) in [5.74, 6) is 0.0832. The summed E-state index contributed by atoms with van der Waals surface area (Å²) in [6.07, 6.45) is 0.945. The molecular weight excluding hydrogens is 380 g/mol. The molecule has 1 aliphatic rings. The third-order valence-electron chi connectivity index (χ3n) is 3.95. The van der Waals surface area contributed by atoms with Crippen molar-refractivity contribution in [2.75, 3.05) is 11.4 Å². The highest BCUT2D eigenvalue weighted by Crippen LogP contribution is 2.35. The first-order valence-corrected chi connectivity index (χ1v) is 8.01. The molecule has 2 nitrogen and oxygen atoms in total. The average molecular weight is 395 g/mol. The van der Waals surface area contributed by atoms with Gasteiger partial charge in [-0.3, -0.25) is 4.79 Å². The summed E-state index contributed by atoms with van der Waals surface area (Å²) in [7, 11) is 0. The second kappa shape index (κ2) is 5.75. The van der Waals surface area contributed by atoms with Crippen LogP contribution in [-0.4, -0.2) is 12.5 Å². The first-order valence-electron chi connectivity index (χ1n) is 6.94. The maximum atomic E-state index is 13.2. The molecule has 2 aromatic carbocycles. The van der Waals surface area contributed by atoms with Gasteiger partial charge in [0.1, 0.15) is 5.82 Å². The molecule has 1 atom stereocenters. The van der Waals surface area contributed by atoms with Crippen LogP contribution in [0.5, 0.6) is 0 Å². The second-order valence-electron chi connectivity index (χ2n) is 5.33. The molecule has 1 aliphatic heterocycles. The number of fused-ring (bicyclic) bond motifs is 1. The maximum absolute atomic E-state index is 13.2. The van der Waals surface area contributed by atoms with E-state index in [1.165, 1.54) is 17.7 Å². The zero-order chi connectivity index (χ0) is 15.0. The van der Waals surface area contributed by atoms with E-state index >= 15 is 0 Å². The van der Waals surface area contributed by atoms with Crippen molar-refractivity contribution >= 4 is 34.2 Å². The topological polar surface area (TPSA) is 20.3 Å². The number of anilines is 1. The molecule has 0 bridgehead atoms. The lowest BCUT2D eigenvalue weighted by Crippen LogP contribution is -2.36. The summed E-state index contributed by atoms with van der Waals surface area (Å²) in [6, 6.07) is 12.3. The molecule has 0 spiro atoms. The van der Waals surface area contributed by atoms with Crippen molar-refractivity contribution in [3.05, 3.63) is 63.0 Å². The third-order valence-corrected chi connectivity index (χ3v) is 4.84. The number of rotatable bonds is 1. The van der Waals surface area contributed by atoms with E-state index in [1.54, 1.807) is 6.07 Å². The largest absolute Gasteiger partial charge is 0.308 e. The van der Waals surface area contributed by atoms with Gasteiger partial charge < -0.3 is 4.90 Å². The summed E-state index contributed by atoms with van der Waals surface area (Å²) in [4.78, 5) is 14.6. The number of hydrogen-bond acceptors (Lipinski definition) is 1. The van der Waals surface area contributed by atoms with Crippen LogP contribution in [-0.2, 0) is 0 Å². The highest BCUT2D eigenvalue weighted by atomic mass is 127. The van der Waals surface area contributed by atoms with Gasteiger partial charge in [-0.1, -0.05) is 25.1 Å². The van der Waals surface area contributed by atoms with Gasteiger partial charge in [0.05, 0.1) is 5.56 Å². The Morgan fingerprint density at radius 2 is 2.05 bits per heavy atom. The molecule has 0 N–H and O–H groups in total. The van der Waals surface area contributed by atoms with Crippen molar-refractivity contribution in [3.8, 4) is 0 Å². The van der Waals surface area contributed by atoms with E-state index in [0.717, 1.165) is 12.1 Å². The predicted octanol–water partition coefficient (Wildman–Crippen LogP) is 4.58. The molecule has 4 heteroatoms. The van der Waals surface area contributed by atoms with Gasteiger partial charge in [0.25, 0.3) is 5.91 Å². The predicted molar refractivity (Wildman–Crippen MR) is 90.3 cm³/mol. The number of hydrogen-bond donors (Lipinski definition) is 0. The van der Waals surface area contributed by atoms with Gasteiger partial charge in [-0.15, -0.1) is 0 Å². The maximum Gasteiger partial charge on any atom is 0.259 e. The fourth-order valence-corrected chi connectivity index (χ4v) is 3.48. The minimum Gasteiger partial charge on any atom is -0.308 e. The number of carbonyl (C=O) groups is 1. The Labute approximate surface area is 137 Å². The van der Waals surface area contributed by atoms with Crippen molar-refractivity contribution in [1.29, 1.82) is 0 Å². The SMILES string of the molecule is CC1CCN(C(=O)c2ccc(F)cc2I)c2ccccc21. The first-order chi connectivity index (χ1) is 10.1.